The molecule has 0 unspecified atom stereocenters. The molecule has 0 aliphatic heterocycles. The van der Waals surface area contributed by atoms with Crippen LogP contribution in [0.1, 0.15) is 150 Å². The summed E-state index contributed by atoms with van der Waals surface area (Å²) in [5, 5.41) is 2.95. The maximum absolute atomic E-state index is 2.52. The molecule has 130 heavy (non-hydrogen) atoms. The molecule has 0 radical (unpaired) electrons. The van der Waals surface area contributed by atoms with E-state index in [1.54, 1.807) is 0 Å². The zero-order valence-corrected chi connectivity index (χ0v) is 81.7. The van der Waals surface area contributed by atoms with Crippen molar-refractivity contribution < 1.29 is 0 Å². The number of benzene rings is 15. The standard InChI is InChI=1S/C64H58N2SSi.C58H54N2SSi/c1-62(2)53-26-18-16-25-49(53)50-35-30-45(39-54(50)62)66(57-27-19-17-24-48(57)41-20-12-10-13-21-41)46-32-37-52-56(40-46)64(5,6)59-58-60(67-61(52)59)51-36-31-44(38-55(51)63(58,3)4)65(42-22-14-11-15-23-42)43-28-33-47(34-29-43)68(7,8)9;1-56(2)48-23-17-16-22-44(48)45-31-26-41(34-49(45)56)60(38-20-14-11-15-21-38)42-28-33-47-51(36-42)58(5,6)53-52-54(61-55(47)53)46-32-27-40(35-50(46)57(52,3)4)59(37-18-12-10-13-19-37)39-24-29-43(30-25-39)62(7,8)9/h10-40H,1-9H3;10-36H,1-9H3. The van der Waals surface area contributed by atoms with E-state index in [1.165, 1.54) is 215 Å². The Hall–Kier alpha value is -12.7. The summed E-state index contributed by atoms with van der Waals surface area (Å²) in [7, 11) is -2.88. The van der Waals surface area contributed by atoms with Gasteiger partial charge in [-0.05, 0) is 256 Å². The molecule has 0 bridgehead atoms. The van der Waals surface area contributed by atoms with E-state index in [0.717, 1.165) is 5.69 Å². The molecule has 2 aromatic heterocycles. The van der Waals surface area contributed by atoms with Gasteiger partial charge in [-0.2, -0.15) is 0 Å². The summed E-state index contributed by atoms with van der Waals surface area (Å²) in [6.45, 7) is 43.7. The average molecular weight is 1750 g/mol. The quantitative estimate of drug-likeness (QED) is 0.0949. The molecule has 17 aromatic rings. The topological polar surface area (TPSA) is 13.0 Å². The Morgan fingerprint density at radius 2 is 0.408 bits per heavy atom. The van der Waals surface area contributed by atoms with Gasteiger partial charge >= 0.3 is 0 Å². The van der Waals surface area contributed by atoms with Crippen LogP contribution < -0.4 is 30.0 Å². The SMILES string of the molecule is CC1(C)c2ccccc2-c2ccc(N(c3ccc4c(c3)C(C)(C)c3c-4sc4c3C(C)(C)c3cc(N(c5ccccc5)c5ccc([Si](C)(C)C)cc5)ccc3-4)c3ccccc3-c3ccccc3)cc21.CC1(C)c2ccccc2-c2ccc(N(c3ccccc3)c3ccc4c(c3)C(C)(C)c3c-4sc4c3C(C)(C)c3cc(N(c5ccccc5)c5ccc([Si](C)(C)C)cc5)ccc3-4)cc21. The molecule has 23 rings (SSSR count). The van der Waals surface area contributed by atoms with Crippen LogP contribution in [0.2, 0.25) is 39.3 Å². The normalized spacial score (nSPS) is 15.4. The molecule has 0 spiro atoms. The van der Waals surface area contributed by atoms with Crippen LogP contribution in [-0.4, -0.2) is 16.1 Å². The summed E-state index contributed by atoms with van der Waals surface area (Å²) in [5.74, 6) is 0. The van der Waals surface area contributed by atoms with Crippen LogP contribution in [0.25, 0.3) is 75.1 Å². The number of hydrogen-bond donors (Lipinski definition) is 0. The van der Waals surface area contributed by atoms with Gasteiger partial charge in [0.05, 0.1) is 21.8 Å². The molecule has 640 valence electrons. The molecule has 0 saturated carbocycles. The number of anilines is 12. The number of thiophene rings is 2. The Morgan fingerprint density at radius 3 is 0.715 bits per heavy atom. The minimum atomic E-state index is -1.45. The van der Waals surface area contributed by atoms with Gasteiger partial charge in [0.2, 0.25) is 0 Å². The van der Waals surface area contributed by atoms with Crippen molar-refractivity contribution in [1.82, 2.24) is 0 Å². The second-order valence-corrected chi connectivity index (χ2v) is 54.3. The molecule has 0 atom stereocenters. The lowest BCUT2D eigenvalue weighted by Crippen LogP contribution is -2.37. The lowest BCUT2D eigenvalue weighted by atomic mass is 9.74. The fraction of sp³-hybridized carbons (Fsp3) is 0.197. The second kappa shape index (κ2) is 29.9. The Labute approximate surface area is 779 Å². The van der Waals surface area contributed by atoms with Crippen molar-refractivity contribution in [3.63, 3.8) is 0 Å². The lowest BCUT2D eigenvalue weighted by Gasteiger charge is -2.32. The number of para-hydroxylation sites is 4. The summed E-state index contributed by atoms with van der Waals surface area (Å²) in [6, 6.07) is 132. The van der Waals surface area contributed by atoms with Crippen molar-refractivity contribution in [3.05, 3.63) is 419 Å². The van der Waals surface area contributed by atoms with Gasteiger partial charge in [-0.15, -0.1) is 22.7 Å². The van der Waals surface area contributed by atoms with E-state index in [-0.39, 0.29) is 32.5 Å². The molecule has 0 saturated heterocycles. The fourth-order valence-electron chi connectivity index (χ4n) is 23.0. The molecular formula is C122H112N4S2Si2. The summed E-state index contributed by atoms with van der Waals surface area (Å²) in [5.41, 5.74) is 43.5. The predicted octanol–water partition coefficient (Wildman–Crippen LogP) is 34.0. The maximum atomic E-state index is 2.52. The third-order valence-electron chi connectivity index (χ3n) is 29.9. The predicted molar refractivity (Wildman–Crippen MR) is 564 cm³/mol. The van der Waals surface area contributed by atoms with Gasteiger partial charge in [0.15, 0.2) is 0 Å². The minimum absolute atomic E-state index is 0.0805. The summed E-state index contributed by atoms with van der Waals surface area (Å²) < 4.78 is 0. The summed E-state index contributed by atoms with van der Waals surface area (Å²) in [4.78, 5) is 15.6. The zero-order valence-electron chi connectivity index (χ0n) is 78.1. The zero-order chi connectivity index (χ0) is 89.8. The molecule has 6 aliphatic rings. The summed E-state index contributed by atoms with van der Waals surface area (Å²) in [6.07, 6.45) is 0. The van der Waals surface area contributed by atoms with E-state index in [0.29, 0.717) is 0 Å². The molecule has 0 N–H and O–H groups in total. The Morgan fingerprint density at radius 1 is 0.185 bits per heavy atom. The smallest absolute Gasteiger partial charge is 0.0775 e. The first kappa shape index (κ1) is 83.0. The largest absolute Gasteiger partial charge is 0.310 e. The van der Waals surface area contributed by atoms with Gasteiger partial charge in [-0.3, -0.25) is 0 Å². The van der Waals surface area contributed by atoms with E-state index in [4.69, 9.17) is 0 Å². The van der Waals surface area contributed by atoms with E-state index in [9.17, 15) is 0 Å². The van der Waals surface area contributed by atoms with Crippen molar-refractivity contribution in [2.75, 3.05) is 19.6 Å². The van der Waals surface area contributed by atoms with Crippen LogP contribution >= 0.6 is 22.7 Å². The Balaban J connectivity index is 0.000000153. The van der Waals surface area contributed by atoms with Gasteiger partial charge < -0.3 is 19.6 Å². The fourth-order valence-corrected chi connectivity index (χ4v) is 28.7. The van der Waals surface area contributed by atoms with Gasteiger partial charge in [0.25, 0.3) is 0 Å². The Bertz CT molecular complexity index is 7420. The minimum Gasteiger partial charge on any atom is -0.310 e. The monoisotopic (exact) mass is 1750 g/mol. The van der Waals surface area contributed by atoms with Gasteiger partial charge in [-0.1, -0.05) is 345 Å². The highest BCUT2D eigenvalue weighted by Gasteiger charge is 2.52. The maximum Gasteiger partial charge on any atom is 0.0775 e. The van der Waals surface area contributed by atoms with Crippen LogP contribution in [0.4, 0.5) is 68.2 Å². The first-order valence-corrected chi connectivity index (χ1v) is 55.1. The molecule has 0 amide bonds. The molecule has 4 nitrogen and oxygen atoms in total. The highest BCUT2D eigenvalue weighted by atomic mass is 32.1. The highest BCUT2D eigenvalue weighted by molar-refractivity contribution is 7.20. The van der Waals surface area contributed by atoms with E-state index < -0.39 is 16.1 Å². The second-order valence-electron chi connectivity index (χ2n) is 42.1. The van der Waals surface area contributed by atoms with Gasteiger partial charge in [-0.25, -0.2) is 0 Å². The van der Waals surface area contributed by atoms with Gasteiger partial charge in [0, 0.05) is 120 Å². The number of fused-ring (bicyclic) bond motifs is 20. The van der Waals surface area contributed by atoms with Crippen molar-refractivity contribution >= 4 is 117 Å². The number of hydrogen-bond acceptors (Lipinski definition) is 6. The van der Waals surface area contributed by atoms with E-state index in [2.05, 4.69) is 494 Å². The Kier molecular flexibility index (Phi) is 19.1. The van der Waals surface area contributed by atoms with Crippen molar-refractivity contribution in [2.24, 2.45) is 0 Å². The third kappa shape index (κ3) is 12.9. The molecular weight excluding hydrogens is 1640 g/mol. The molecule has 2 heterocycles. The van der Waals surface area contributed by atoms with Crippen molar-refractivity contribution in [3.8, 4) is 75.1 Å². The van der Waals surface area contributed by atoms with Crippen molar-refractivity contribution in [2.45, 2.75) is 155 Å². The van der Waals surface area contributed by atoms with Crippen LogP contribution in [0.15, 0.2) is 352 Å². The summed E-state index contributed by atoms with van der Waals surface area (Å²) >= 11 is 4.01. The van der Waals surface area contributed by atoms with Crippen LogP contribution in [0.3, 0.4) is 0 Å². The molecule has 6 aliphatic carbocycles. The van der Waals surface area contributed by atoms with E-state index >= 15 is 0 Å². The number of rotatable bonds is 15. The first-order chi connectivity index (χ1) is 62.3. The lowest BCUT2D eigenvalue weighted by molar-refractivity contribution is 0.603. The van der Waals surface area contributed by atoms with Crippen LogP contribution in [-0.2, 0) is 32.5 Å². The molecule has 15 aromatic carbocycles. The molecule has 0 fully saturated rings. The third-order valence-corrected chi connectivity index (χ3v) is 36.6. The average Bonchev–Trinajstić information content (AvgIpc) is 1.52. The van der Waals surface area contributed by atoms with E-state index in [1.807, 2.05) is 22.7 Å². The molecule has 8 heteroatoms. The van der Waals surface area contributed by atoms with Crippen LogP contribution in [0.5, 0.6) is 0 Å². The van der Waals surface area contributed by atoms with Crippen molar-refractivity contribution in [1.29, 1.82) is 0 Å². The first-order valence-electron chi connectivity index (χ1n) is 46.4. The van der Waals surface area contributed by atoms with Crippen LogP contribution in [0, 0.1) is 0 Å². The number of nitrogens with zero attached hydrogens (tertiary/aromatic N) is 4. The highest BCUT2D eigenvalue weighted by Crippen LogP contribution is 2.68. The van der Waals surface area contributed by atoms with Gasteiger partial charge in [0.1, 0.15) is 0 Å².